The molecule has 0 aliphatic heterocycles. The molecule has 246 valence electrons. The Labute approximate surface area is 274 Å². The van der Waals surface area contributed by atoms with Crippen LogP contribution in [0.1, 0.15) is 94.9 Å². The lowest BCUT2D eigenvalue weighted by Gasteiger charge is -2.24. The molecular formula is C39H50N2O5. The highest BCUT2D eigenvalue weighted by Gasteiger charge is 2.31. The molecule has 0 aromatic heterocycles. The largest absolute Gasteiger partial charge is 0.458 e. The Kier molecular flexibility index (Phi) is 12.4. The van der Waals surface area contributed by atoms with Crippen LogP contribution in [-0.2, 0) is 31.9 Å². The van der Waals surface area contributed by atoms with Gasteiger partial charge in [0.15, 0.2) is 0 Å². The molecule has 0 spiro atoms. The summed E-state index contributed by atoms with van der Waals surface area (Å²) in [5, 5.41) is 5.73. The van der Waals surface area contributed by atoms with E-state index < -0.39 is 23.7 Å². The van der Waals surface area contributed by atoms with Crippen LogP contribution < -0.4 is 10.6 Å². The van der Waals surface area contributed by atoms with Crippen LogP contribution in [0.2, 0.25) is 0 Å². The van der Waals surface area contributed by atoms with Gasteiger partial charge in [-0.15, -0.1) is 0 Å². The molecule has 7 nitrogen and oxygen atoms in total. The summed E-state index contributed by atoms with van der Waals surface area (Å²) in [6.07, 6.45) is 4.23. The summed E-state index contributed by atoms with van der Waals surface area (Å²) in [6.45, 7) is 10.5. The Morgan fingerprint density at radius 1 is 0.804 bits per heavy atom. The van der Waals surface area contributed by atoms with Crippen molar-refractivity contribution in [1.82, 2.24) is 10.6 Å². The summed E-state index contributed by atoms with van der Waals surface area (Å²) >= 11 is 0. The van der Waals surface area contributed by atoms with E-state index in [1.165, 1.54) is 11.1 Å². The van der Waals surface area contributed by atoms with Crippen LogP contribution in [0.15, 0.2) is 72.8 Å². The van der Waals surface area contributed by atoms with Gasteiger partial charge in [-0.25, -0.2) is 9.59 Å². The fourth-order valence-electron chi connectivity index (χ4n) is 5.96. The molecular weight excluding hydrogens is 576 g/mol. The predicted octanol–water partition coefficient (Wildman–Crippen LogP) is 7.74. The summed E-state index contributed by atoms with van der Waals surface area (Å²) in [7, 11) is 0. The molecule has 1 aliphatic rings. The van der Waals surface area contributed by atoms with Crippen molar-refractivity contribution in [3.63, 3.8) is 0 Å². The number of alkyl carbamates (subject to hydrolysis) is 1. The lowest BCUT2D eigenvalue weighted by molar-refractivity contribution is -0.157. The molecule has 0 radical (unpaired) electrons. The van der Waals surface area contributed by atoms with E-state index in [4.69, 9.17) is 9.47 Å². The first-order valence-corrected chi connectivity index (χ1v) is 16.7. The minimum Gasteiger partial charge on any atom is -0.458 e. The molecule has 46 heavy (non-hydrogen) atoms. The van der Waals surface area contributed by atoms with Crippen LogP contribution >= 0.6 is 0 Å². The van der Waals surface area contributed by atoms with Gasteiger partial charge in [0.2, 0.25) is 5.91 Å². The number of hydrogen-bond donors (Lipinski definition) is 2. The molecule has 0 fully saturated rings. The quantitative estimate of drug-likeness (QED) is 0.133. The SMILES string of the molecule is CC(C)Cc1ccc(CCCC(=O)NCCCCC(NC(=O)OCC2c3ccccc3-c3ccccc32)C(=O)OC(C)(C)C)cc1. The zero-order chi connectivity index (χ0) is 33.1. The summed E-state index contributed by atoms with van der Waals surface area (Å²) in [6, 6.07) is 24.1. The topological polar surface area (TPSA) is 93.7 Å². The van der Waals surface area contributed by atoms with Gasteiger partial charge in [0.1, 0.15) is 18.2 Å². The third-order valence-corrected chi connectivity index (χ3v) is 8.11. The first kappa shape index (κ1) is 34.7. The van der Waals surface area contributed by atoms with E-state index in [0.29, 0.717) is 38.1 Å². The Morgan fingerprint density at radius 2 is 1.41 bits per heavy atom. The molecule has 0 saturated carbocycles. The highest BCUT2D eigenvalue weighted by Crippen LogP contribution is 2.44. The van der Waals surface area contributed by atoms with Gasteiger partial charge in [0.05, 0.1) is 0 Å². The zero-order valence-electron chi connectivity index (χ0n) is 28.1. The smallest absolute Gasteiger partial charge is 0.407 e. The van der Waals surface area contributed by atoms with Gasteiger partial charge in [-0.3, -0.25) is 4.79 Å². The normalized spacial score (nSPS) is 13.1. The van der Waals surface area contributed by atoms with Crippen molar-refractivity contribution in [3.8, 4) is 11.1 Å². The molecule has 1 unspecified atom stereocenters. The minimum atomic E-state index is -0.850. The van der Waals surface area contributed by atoms with E-state index in [1.54, 1.807) is 20.8 Å². The summed E-state index contributed by atoms with van der Waals surface area (Å²) in [5.74, 6) is 0.0893. The number of carbonyl (C=O) groups excluding carboxylic acids is 3. The van der Waals surface area contributed by atoms with Gasteiger partial charge in [-0.2, -0.15) is 0 Å². The predicted molar refractivity (Wildman–Crippen MR) is 183 cm³/mol. The van der Waals surface area contributed by atoms with Crippen LogP contribution in [0, 0.1) is 5.92 Å². The van der Waals surface area contributed by atoms with Crippen LogP contribution in [-0.4, -0.2) is 42.8 Å². The Morgan fingerprint density at radius 3 is 2.02 bits per heavy atom. The standard InChI is InChI=1S/C39H50N2O5/c1-27(2)25-29-22-20-28(21-23-29)13-12-19-36(42)40-24-11-10-18-35(37(43)46-39(3,4)5)41-38(44)45-26-34-32-16-8-6-14-30(32)31-15-7-9-17-33(31)34/h6-9,14-17,20-23,27,34-35H,10-13,18-19,24-26H2,1-5H3,(H,40,42)(H,41,44). The van der Waals surface area contributed by atoms with Crippen molar-refractivity contribution in [2.24, 2.45) is 5.92 Å². The first-order valence-electron chi connectivity index (χ1n) is 16.7. The van der Waals surface area contributed by atoms with E-state index in [9.17, 15) is 14.4 Å². The van der Waals surface area contributed by atoms with Crippen LogP contribution in [0.5, 0.6) is 0 Å². The van der Waals surface area contributed by atoms with E-state index in [1.807, 2.05) is 24.3 Å². The van der Waals surface area contributed by atoms with Gasteiger partial charge in [-0.1, -0.05) is 86.6 Å². The molecule has 3 aromatic rings. The van der Waals surface area contributed by atoms with Crippen LogP contribution in [0.3, 0.4) is 0 Å². The number of aryl methyl sites for hydroxylation is 1. The maximum absolute atomic E-state index is 13.0. The summed E-state index contributed by atoms with van der Waals surface area (Å²) < 4.78 is 11.3. The number of esters is 1. The molecule has 0 heterocycles. The molecule has 0 saturated heterocycles. The fraction of sp³-hybridized carbons (Fsp3) is 0.462. The number of hydrogen-bond acceptors (Lipinski definition) is 5. The monoisotopic (exact) mass is 626 g/mol. The van der Waals surface area contributed by atoms with Crippen molar-refractivity contribution in [3.05, 3.63) is 95.1 Å². The zero-order valence-corrected chi connectivity index (χ0v) is 28.1. The highest BCUT2D eigenvalue weighted by molar-refractivity contribution is 5.82. The molecule has 7 heteroatoms. The van der Waals surface area contributed by atoms with Crippen LogP contribution in [0.4, 0.5) is 4.79 Å². The van der Waals surface area contributed by atoms with E-state index >= 15 is 0 Å². The van der Waals surface area contributed by atoms with Gasteiger partial charge in [0.25, 0.3) is 0 Å². The number of carbonyl (C=O) groups is 3. The Bertz CT molecular complexity index is 1410. The van der Waals surface area contributed by atoms with E-state index in [0.717, 1.165) is 41.5 Å². The Hall–Kier alpha value is -4.13. The average molecular weight is 627 g/mol. The summed E-state index contributed by atoms with van der Waals surface area (Å²) in [5.41, 5.74) is 6.45. The first-order chi connectivity index (χ1) is 22.0. The molecule has 2 N–H and O–H groups in total. The lowest BCUT2D eigenvalue weighted by atomic mass is 9.98. The number of rotatable bonds is 15. The molecule has 0 bridgehead atoms. The third-order valence-electron chi connectivity index (χ3n) is 8.11. The van der Waals surface area contributed by atoms with Crippen molar-refractivity contribution in [2.45, 2.75) is 97.1 Å². The molecule has 2 amide bonds. The second-order valence-electron chi connectivity index (χ2n) is 13.7. The maximum atomic E-state index is 13.0. The number of amides is 2. The third kappa shape index (κ3) is 10.5. The van der Waals surface area contributed by atoms with Gasteiger partial charge in [0, 0.05) is 18.9 Å². The minimum absolute atomic E-state index is 0.0249. The van der Waals surface area contributed by atoms with Crippen molar-refractivity contribution < 1.29 is 23.9 Å². The molecule has 1 aliphatic carbocycles. The number of nitrogens with one attached hydrogen (secondary N) is 2. The molecule has 4 rings (SSSR count). The van der Waals surface area contributed by atoms with Gasteiger partial charge in [-0.05, 0) is 98.6 Å². The molecule has 3 aromatic carbocycles. The van der Waals surface area contributed by atoms with Crippen LogP contribution in [0.25, 0.3) is 11.1 Å². The van der Waals surface area contributed by atoms with Gasteiger partial charge < -0.3 is 20.1 Å². The number of fused-ring (bicyclic) bond motifs is 3. The molecule has 1 atom stereocenters. The fourth-order valence-corrected chi connectivity index (χ4v) is 5.96. The van der Waals surface area contributed by atoms with E-state index in [-0.39, 0.29) is 18.4 Å². The maximum Gasteiger partial charge on any atom is 0.407 e. The second-order valence-corrected chi connectivity index (χ2v) is 13.7. The van der Waals surface area contributed by atoms with Crippen molar-refractivity contribution in [2.75, 3.05) is 13.2 Å². The van der Waals surface area contributed by atoms with Crippen molar-refractivity contribution >= 4 is 18.0 Å². The average Bonchev–Trinajstić information content (AvgIpc) is 3.32. The number of ether oxygens (including phenoxy) is 2. The highest BCUT2D eigenvalue weighted by atomic mass is 16.6. The van der Waals surface area contributed by atoms with Crippen molar-refractivity contribution in [1.29, 1.82) is 0 Å². The lowest BCUT2D eigenvalue weighted by Crippen LogP contribution is -2.44. The summed E-state index contributed by atoms with van der Waals surface area (Å²) in [4.78, 5) is 38.3. The number of unbranched alkanes of at least 4 members (excludes halogenated alkanes) is 1. The Balaban J connectivity index is 1.20. The number of benzene rings is 3. The van der Waals surface area contributed by atoms with E-state index in [2.05, 4.69) is 73.0 Å². The van der Waals surface area contributed by atoms with Gasteiger partial charge >= 0.3 is 12.1 Å². The second kappa shape index (κ2) is 16.4.